The van der Waals surface area contributed by atoms with Gasteiger partial charge in [-0.05, 0) is 30.5 Å². The average Bonchev–Trinajstić information content (AvgIpc) is 2.24. The van der Waals surface area contributed by atoms with E-state index in [0.29, 0.717) is 5.41 Å². The highest BCUT2D eigenvalue weighted by Crippen LogP contribution is 2.31. The maximum absolute atomic E-state index is 5.24. The first-order valence-corrected chi connectivity index (χ1v) is 5.43. The summed E-state index contributed by atoms with van der Waals surface area (Å²) in [6.07, 6.45) is 2.34. The van der Waals surface area contributed by atoms with Gasteiger partial charge in [0.05, 0.1) is 20.3 Å². The number of hydrogen-bond donors (Lipinski definition) is 0. The van der Waals surface area contributed by atoms with Gasteiger partial charge in [0.15, 0.2) is 0 Å². The minimum atomic E-state index is 0.417. The molecule has 2 heteroatoms. The summed E-state index contributed by atoms with van der Waals surface area (Å²) in [6.45, 7) is 4.13. The van der Waals surface area contributed by atoms with E-state index in [-0.39, 0.29) is 0 Å². The zero-order chi connectivity index (χ0) is 10.7. The van der Waals surface area contributed by atoms with Crippen LogP contribution < -0.4 is 4.74 Å². The van der Waals surface area contributed by atoms with Crippen molar-refractivity contribution in [1.82, 2.24) is 0 Å². The van der Waals surface area contributed by atoms with Crippen LogP contribution in [-0.4, -0.2) is 20.3 Å². The summed E-state index contributed by atoms with van der Waals surface area (Å²) >= 11 is 0. The van der Waals surface area contributed by atoms with E-state index in [2.05, 4.69) is 19.1 Å². The highest BCUT2D eigenvalue weighted by molar-refractivity contribution is 5.27. The van der Waals surface area contributed by atoms with Crippen LogP contribution in [0.3, 0.4) is 0 Å². The molecular formula is C13H18O2. The standard InChI is InChI=1S/C13H18O2/c1-13(9-15-10-13)8-7-11-3-5-12(14-2)6-4-11/h3-6H,7-10H2,1-2H3. The molecule has 1 fully saturated rings. The summed E-state index contributed by atoms with van der Waals surface area (Å²) in [6, 6.07) is 8.33. The summed E-state index contributed by atoms with van der Waals surface area (Å²) in [5, 5.41) is 0. The summed E-state index contributed by atoms with van der Waals surface area (Å²) in [7, 11) is 1.70. The van der Waals surface area contributed by atoms with Crippen molar-refractivity contribution in [3.63, 3.8) is 0 Å². The zero-order valence-electron chi connectivity index (χ0n) is 9.45. The van der Waals surface area contributed by atoms with E-state index in [9.17, 15) is 0 Å². The summed E-state index contributed by atoms with van der Waals surface area (Å²) in [5.74, 6) is 0.928. The molecule has 2 nitrogen and oxygen atoms in total. The summed E-state index contributed by atoms with van der Waals surface area (Å²) < 4.78 is 10.4. The molecule has 1 aliphatic rings. The third-order valence-electron chi connectivity index (χ3n) is 3.08. The number of rotatable bonds is 4. The Morgan fingerprint density at radius 2 is 1.93 bits per heavy atom. The molecule has 0 aromatic heterocycles. The molecular weight excluding hydrogens is 188 g/mol. The normalized spacial score (nSPS) is 18.3. The van der Waals surface area contributed by atoms with Crippen LogP contribution in [0.1, 0.15) is 18.9 Å². The van der Waals surface area contributed by atoms with Gasteiger partial charge in [0.25, 0.3) is 0 Å². The molecule has 0 aliphatic carbocycles. The number of benzene rings is 1. The van der Waals surface area contributed by atoms with Gasteiger partial charge in [0.1, 0.15) is 5.75 Å². The van der Waals surface area contributed by atoms with E-state index in [4.69, 9.17) is 9.47 Å². The van der Waals surface area contributed by atoms with Gasteiger partial charge in [0, 0.05) is 5.41 Å². The van der Waals surface area contributed by atoms with Crippen molar-refractivity contribution in [1.29, 1.82) is 0 Å². The Labute approximate surface area is 91.2 Å². The predicted molar refractivity (Wildman–Crippen MR) is 60.2 cm³/mol. The van der Waals surface area contributed by atoms with Gasteiger partial charge >= 0.3 is 0 Å². The van der Waals surface area contributed by atoms with Crippen LogP contribution >= 0.6 is 0 Å². The van der Waals surface area contributed by atoms with Gasteiger partial charge in [-0.3, -0.25) is 0 Å². The first-order valence-electron chi connectivity index (χ1n) is 5.43. The van der Waals surface area contributed by atoms with E-state index >= 15 is 0 Å². The monoisotopic (exact) mass is 206 g/mol. The van der Waals surface area contributed by atoms with Crippen molar-refractivity contribution in [2.75, 3.05) is 20.3 Å². The first-order chi connectivity index (χ1) is 7.22. The second-order valence-electron chi connectivity index (χ2n) is 4.65. The SMILES string of the molecule is COc1ccc(CCC2(C)COC2)cc1. The van der Waals surface area contributed by atoms with Crippen molar-refractivity contribution in [3.8, 4) is 5.75 Å². The molecule has 0 saturated carbocycles. The van der Waals surface area contributed by atoms with E-state index in [1.54, 1.807) is 7.11 Å². The lowest BCUT2D eigenvalue weighted by atomic mass is 9.82. The molecule has 1 aliphatic heterocycles. The molecule has 0 bridgehead atoms. The van der Waals surface area contributed by atoms with Crippen LogP contribution in [0.5, 0.6) is 5.75 Å². The lowest BCUT2D eigenvalue weighted by Gasteiger charge is -2.38. The average molecular weight is 206 g/mol. The largest absolute Gasteiger partial charge is 0.497 e. The second-order valence-corrected chi connectivity index (χ2v) is 4.65. The third kappa shape index (κ3) is 2.51. The smallest absolute Gasteiger partial charge is 0.118 e. The summed E-state index contributed by atoms with van der Waals surface area (Å²) in [4.78, 5) is 0. The zero-order valence-corrected chi connectivity index (χ0v) is 9.45. The van der Waals surface area contributed by atoms with Gasteiger partial charge in [0.2, 0.25) is 0 Å². The number of methoxy groups -OCH3 is 1. The van der Waals surface area contributed by atoms with Gasteiger partial charge in [-0.15, -0.1) is 0 Å². The summed E-state index contributed by atoms with van der Waals surface area (Å²) in [5.41, 5.74) is 1.80. The van der Waals surface area contributed by atoms with Crippen LogP contribution in [0.15, 0.2) is 24.3 Å². The lowest BCUT2D eigenvalue weighted by molar-refractivity contribution is -0.105. The fourth-order valence-electron chi connectivity index (χ4n) is 1.83. The van der Waals surface area contributed by atoms with E-state index in [1.165, 1.54) is 12.0 Å². The molecule has 1 saturated heterocycles. The van der Waals surface area contributed by atoms with Crippen LogP contribution in [0, 0.1) is 5.41 Å². The van der Waals surface area contributed by atoms with E-state index in [1.807, 2.05) is 12.1 Å². The molecule has 0 atom stereocenters. The molecule has 82 valence electrons. The highest BCUT2D eigenvalue weighted by Gasteiger charge is 2.32. The Morgan fingerprint density at radius 3 is 2.40 bits per heavy atom. The Balaban J connectivity index is 1.87. The fraction of sp³-hybridized carbons (Fsp3) is 0.538. The molecule has 1 aromatic rings. The lowest BCUT2D eigenvalue weighted by Crippen LogP contribution is -2.39. The highest BCUT2D eigenvalue weighted by atomic mass is 16.5. The van der Waals surface area contributed by atoms with Gasteiger partial charge in [-0.25, -0.2) is 0 Å². The van der Waals surface area contributed by atoms with Crippen LogP contribution in [0.2, 0.25) is 0 Å². The number of hydrogen-bond acceptors (Lipinski definition) is 2. The molecule has 1 heterocycles. The molecule has 0 amide bonds. The van der Waals surface area contributed by atoms with Gasteiger partial charge in [-0.2, -0.15) is 0 Å². The van der Waals surface area contributed by atoms with Crippen LogP contribution in [-0.2, 0) is 11.2 Å². The fourth-order valence-corrected chi connectivity index (χ4v) is 1.83. The third-order valence-corrected chi connectivity index (χ3v) is 3.08. The van der Waals surface area contributed by atoms with Gasteiger partial charge < -0.3 is 9.47 Å². The van der Waals surface area contributed by atoms with Crippen molar-refractivity contribution >= 4 is 0 Å². The van der Waals surface area contributed by atoms with Crippen molar-refractivity contribution in [2.45, 2.75) is 19.8 Å². The topological polar surface area (TPSA) is 18.5 Å². The molecule has 0 radical (unpaired) electrons. The maximum atomic E-state index is 5.24. The van der Waals surface area contributed by atoms with E-state index < -0.39 is 0 Å². The van der Waals surface area contributed by atoms with E-state index in [0.717, 1.165) is 25.4 Å². The molecule has 2 rings (SSSR count). The van der Waals surface area contributed by atoms with Crippen molar-refractivity contribution in [3.05, 3.63) is 29.8 Å². The number of aryl methyl sites for hydroxylation is 1. The van der Waals surface area contributed by atoms with Crippen LogP contribution in [0.4, 0.5) is 0 Å². The Bertz CT molecular complexity index is 312. The molecule has 0 N–H and O–H groups in total. The number of ether oxygens (including phenoxy) is 2. The first kappa shape index (κ1) is 10.5. The maximum Gasteiger partial charge on any atom is 0.118 e. The predicted octanol–water partition coefficient (Wildman–Crippen LogP) is 2.66. The van der Waals surface area contributed by atoms with Crippen molar-refractivity contribution < 1.29 is 9.47 Å². The van der Waals surface area contributed by atoms with Crippen molar-refractivity contribution in [2.24, 2.45) is 5.41 Å². The second kappa shape index (κ2) is 4.23. The molecule has 0 spiro atoms. The quantitative estimate of drug-likeness (QED) is 0.754. The Kier molecular flexibility index (Phi) is 2.96. The van der Waals surface area contributed by atoms with Crippen LogP contribution in [0.25, 0.3) is 0 Å². The molecule has 1 aromatic carbocycles. The molecule has 15 heavy (non-hydrogen) atoms. The minimum Gasteiger partial charge on any atom is -0.497 e. The Morgan fingerprint density at radius 1 is 1.27 bits per heavy atom. The van der Waals surface area contributed by atoms with Gasteiger partial charge in [-0.1, -0.05) is 19.1 Å². The molecule has 0 unspecified atom stereocenters. The minimum absolute atomic E-state index is 0.417. The Hall–Kier alpha value is -1.02.